The lowest BCUT2D eigenvalue weighted by Gasteiger charge is -2.27. The molecule has 1 aliphatic heterocycles. The van der Waals surface area contributed by atoms with Crippen LogP contribution in [0.2, 0.25) is 0 Å². The molecule has 0 radical (unpaired) electrons. The zero-order valence-corrected chi connectivity index (χ0v) is 24.1. The van der Waals surface area contributed by atoms with Crippen LogP contribution in [-0.2, 0) is 0 Å². The van der Waals surface area contributed by atoms with Gasteiger partial charge in [0.05, 0.1) is 0 Å². The van der Waals surface area contributed by atoms with Gasteiger partial charge < -0.3 is 4.74 Å². The van der Waals surface area contributed by atoms with Crippen LogP contribution in [0.25, 0.3) is 54.6 Å². The van der Waals surface area contributed by atoms with Crippen LogP contribution < -0.4 is 21.1 Å². The highest BCUT2D eigenvalue weighted by molar-refractivity contribution is 6.96. The van der Waals surface area contributed by atoms with Crippen molar-refractivity contribution in [3.63, 3.8) is 0 Å². The standard InChI is InChI=1S/C42H27BO/c1-2-10-32(11-3-1)43-39-16-8-9-17-41(39)44-42-27-31(23-25-40(42)43)29-20-18-28(19-21-29)30-22-24-37-35-14-5-4-12-33(35)34-13-6-7-15-36(34)38(37)26-30/h1-27H. The molecule has 0 amide bonds. The fourth-order valence-electron chi connectivity index (χ4n) is 7.09. The molecule has 1 aliphatic rings. The first-order valence-electron chi connectivity index (χ1n) is 15.2. The summed E-state index contributed by atoms with van der Waals surface area (Å²) >= 11 is 0. The first-order chi connectivity index (χ1) is 21.8. The molecule has 0 N–H and O–H groups in total. The van der Waals surface area contributed by atoms with Crippen LogP contribution in [0.5, 0.6) is 11.5 Å². The molecule has 8 aromatic carbocycles. The van der Waals surface area contributed by atoms with E-state index in [9.17, 15) is 0 Å². The highest BCUT2D eigenvalue weighted by atomic mass is 16.5. The summed E-state index contributed by atoms with van der Waals surface area (Å²) in [6.07, 6.45) is 0. The highest BCUT2D eigenvalue weighted by Gasteiger charge is 2.32. The van der Waals surface area contributed by atoms with E-state index in [0.717, 1.165) is 17.1 Å². The smallest absolute Gasteiger partial charge is 0.250 e. The van der Waals surface area contributed by atoms with Crippen LogP contribution in [0.3, 0.4) is 0 Å². The Hall–Kier alpha value is -5.60. The van der Waals surface area contributed by atoms with E-state index in [1.54, 1.807) is 0 Å². The molecule has 0 atom stereocenters. The molecule has 8 aromatic rings. The van der Waals surface area contributed by atoms with E-state index in [0.29, 0.717) is 0 Å². The van der Waals surface area contributed by atoms with Gasteiger partial charge in [-0.1, -0.05) is 151 Å². The Morgan fingerprint density at radius 1 is 0.318 bits per heavy atom. The average molecular weight is 558 g/mol. The van der Waals surface area contributed by atoms with Crippen molar-refractivity contribution in [3.8, 4) is 33.8 Å². The number of para-hydroxylation sites is 1. The summed E-state index contributed by atoms with van der Waals surface area (Å²) in [5.41, 5.74) is 8.44. The summed E-state index contributed by atoms with van der Waals surface area (Å²) in [6, 6.07) is 59.1. The molecule has 1 nitrogen and oxygen atoms in total. The molecule has 1 heterocycles. The molecule has 9 rings (SSSR count). The van der Waals surface area contributed by atoms with Gasteiger partial charge in [0.1, 0.15) is 11.5 Å². The van der Waals surface area contributed by atoms with Gasteiger partial charge in [-0.15, -0.1) is 0 Å². The number of hydrogen-bond donors (Lipinski definition) is 0. The Bertz CT molecular complexity index is 2320. The van der Waals surface area contributed by atoms with E-state index in [4.69, 9.17) is 4.74 Å². The average Bonchev–Trinajstić information content (AvgIpc) is 3.10. The van der Waals surface area contributed by atoms with Crippen molar-refractivity contribution in [3.05, 3.63) is 164 Å². The normalized spacial score (nSPS) is 12.2. The molecule has 0 aliphatic carbocycles. The maximum Gasteiger partial charge on any atom is 0.250 e. The number of benzene rings is 8. The van der Waals surface area contributed by atoms with Crippen LogP contribution >= 0.6 is 0 Å². The highest BCUT2D eigenvalue weighted by Crippen LogP contribution is 2.37. The summed E-state index contributed by atoms with van der Waals surface area (Å²) in [4.78, 5) is 0. The van der Waals surface area contributed by atoms with Crippen molar-refractivity contribution >= 4 is 55.4 Å². The molecule has 0 bridgehead atoms. The Kier molecular flexibility index (Phi) is 5.67. The van der Waals surface area contributed by atoms with Gasteiger partial charge >= 0.3 is 0 Å². The van der Waals surface area contributed by atoms with Gasteiger partial charge in [0.2, 0.25) is 0 Å². The van der Waals surface area contributed by atoms with Crippen molar-refractivity contribution in [1.82, 2.24) is 0 Å². The maximum atomic E-state index is 6.49. The maximum absolute atomic E-state index is 6.49. The molecule has 2 heteroatoms. The van der Waals surface area contributed by atoms with Gasteiger partial charge in [0.25, 0.3) is 6.71 Å². The number of rotatable bonds is 3. The monoisotopic (exact) mass is 558 g/mol. The summed E-state index contributed by atoms with van der Waals surface area (Å²) < 4.78 is 6.49. The molecule has 0 unspecified atom stereocenters. The number of ether oxygens (including phenoxy) is 1. The molecule has 44 heavy (non-hydrogen) atoms. The zero-order chi connectivity index (χ0) is 29.0. The van der Waals surface area contributed by atoms with Crippen LogP contribution in [-0.4, -0.2) is 6.71 Å². The number of fused-ring (bicyclic) bond motifs is 8. The molecule has 0 aromatic heterocycles. The lowest BCUT2D eigenvalue weighted by molar-refractivity contribution is 0.487. The third-order valence-corrected chi connectivity index (χ3v) is 9.20. The fraction of sp³-hybridized carbons (Fsp3) is 0. The third kappa shape index (κ3) is 3.96. The van der Waals surface area contributed by atoms with Crippen LogP contribution in [0.4, 0.5) is 0 Å². The van der Waals surface area contributed by atoms with Gasteiger partial charge in [-0.2, -0.15) is 0 Å². The first kappa shape index (κ1) is 25.0. The molecule has 0 fully saturated rings. The first-order valence-corrected chi connectivity index (χ1v) is 15.2. The van der Waals surface area contributed by atoms with Crippen molar-refractivity contribution in [2.45, 2.75) is 0 Å². The van der Waals surface area contributed by atoms with Crippen molar-refractivity contribution < 1.29 is 4.74 Å². The summed E-state index contributed by atoms with van der Waals surface area (Å²) in [6.45, 7) is 0.147. The Labute approximate surface area is 257 Å². The molecule has 0 saturated heterocycles. The van der Waals surface area contributed by atoms with Gasteiger partial charge in [-0.05, 0) is 83.7 Å². The summed E-state index contributed by atoms with van der Waals surface area (Å²) in [5.74, 6) is 1.85. The Balaban J connectivity index is 1.10. The Morgan fingerprint density at radius 2 is 0.795 bits per heavy atom. The largest absolute Gasteiger partial charge is 0.458 e. The third-order valence-electron chi connectivity index (χ3n) is 9.20. The van der Waals surface area contributed by atoms with E-state index in [2.05, 4.69) is 158 Å². The van der Waals surface area contributed by atoms with Crippen molar-refractivity contribution in [2.75, 3.05) is 0 Å². The van der Waals surface area contributed by atoms with Crippen LogP contribution in [0.1, 0.15) is 0 Å². The minimum Gasteiger partial charge on any atom is -0.458 e. The summed E-state index contributed by atoms with van der Waals surface area (Å²) in [7, 11) is 0. The minimum atomic E-state index is 0.147. The van der Waals surface area contributed by atoms with E-state index in [1.807, 2.05) is 6.07 Å². The van der Waals surface area contributed by atoms with Gasteiger partial charge in [0.15, 0.2) is 0 Å². The van der Waals surface area contributed by atoms with Gasteiger partial charge in [-0.3, -0.25) is 0 Å². The van der Waals surface area contributed by atoms with Gasteiger partial charge in [0, 0.05) is 0 Å². The Morgan fingerprint density at radius 3 is 1.48 bits per heavy atom. The molecular weight excluding hydrogens is 531 g/mol. The van der Waals surface area contributed by atoms with E-state index >= 15 is 0 Å². The second kappa shape index (κ2) is 10.0. The number of hydrogen-bond acceptors (Lipinski definition) is 1. The van der Waals surface area contributed by atoms with E-state index in [-0.39, 0.29) is 6.71 Å². The SMILES string of the molecule is c1ccc(B2c3ccccc3Oc3cc(-c4ccc(-c5ccc6c7ccccc7c7ccccc7c6c5)cc4)ccc32)cc1. The molecule has 0 saturated carbocycles. The van der Waals surface area contributed by atoms with E-state index < -0.39 is 0 Å². The van der Waals surface area contributed by atoms with Crippen LogP contribution in [0, 0.1) is 0 Å². The van der Waals surface area contributed by atoms with Crippen molar-refractivity contribution in [2.24, 2.45) is 0 Å². The quantitative estimate of drug-likeness (QED) is 0.155. The predicted molar refractivity (Wildman–Crippen MR) is 187 cm³/mol. The van der Waals surface area contributed by atoms with Gasteiger partial charge in [-0.25, -0.2) is 0 Å². The second-order valence-electron chi connectivity index (χ2n) is 11.7. The topological polar surface area (TPSA) is 9.23 Å². The lowest BCUT2D eigenvalue weighted by Crippen LogP contribution is -2.54. The zero-order valence-electron chi connectivity index (χ0n) is 24.1. The molecular formula is C42H27BO. The van der Waals surface area contributed by atoms with Crippen LogP contribution in [0.15, 0.2) is 164 Å². The predicted octanol–water partition coefficient (Wildman–Crippen LogP) is 9.10. The molecule has 204 valence electrons. The second-order valence-corrected chi connectivity index (χ2v) is 11.7. The van der Waals surface area contributed by atoms with Crippen molar-refractivity contribution in [1.29, 1.82) is 0 Å². The van der Waals surface area contributed by atoms with E-state index in [1.165, 1.54) is 65.4 Å². The molecule has 0 spiro atoms. The fourth-order valence-corrected chi connectivity index (χ4v) is 7.09. The minimum absolute atomic E-state index is 0.147. The summed E-state index contributed by atoms with van der Waals surface area (Å²) in [5, 5.41) is 7.79. The lowest BCUT2D eigenvalue weighted by atomic mass is 9.36.